The summed E-state index contributed by atoms with van der Waals surface area (Å²) < 4.78 is 2.06. The van der Waals surface area contributed by atoms with Gasteiger partial charge in [0.25, 0.3) is 0 Å². The van der Waals surface area contributed by atoms with Gasteiger partial charge in [0.15, 0.2) is 0 Å². The second-order valence-corrected chi connectivity index (χ2v) is 6.34. The fraction of sp³-hybridized carbons (Fsp3) is 0.812. The molecule has 0 saturated heterocycles. The second-order valence-electron chi connectivity index (χ2n) is 6.34. The SMILES string of the molecule is CCCNC1CCC(C)CC1Cc1cc(C)nn1C. The smallest absolute Gasteiger partial charge is 0.0596 e. The minimum atomic E-state index is 0.700. The Bertz CT molecular complexity index is 395. The summed E-state index contributed by atoms with van der Waals surface area (Å²) in [6.45, 7) is 7.88. The summed E-state index contributed by atoms with van der Waals surface area (Å²) in [5.41, 5.74) is 2.53. The van der Waals surface area contributed by atoms with Crippen LogP contribution < -0.4 is 5.32 Å². The van der Waals surface area contributed by atoms with Crippen molar-refractivity contribution in [2.45, 2.75) is 58.9 Å². The van der Waals surface area contributed by atoms with Gasteiger partial charge < -0.3 is 5.32 Å². The van der Waals surface area contributed by atoms with Gasteiger partial charge in [0.05, 0.1) is 5.69 Å². The molecule has 1 aliphatic rings. The lowest BCUT2D eigenvalue weighted by molar-refractivity contribution is 0.210. The molecular formula is C16H29N3. The molecule has 0 radical (unpaired) electrons. The summed E-state index contributed by atoms with van der Waals surface area (Å²) >= 11 is 0. The van der Waals surface area contributed by atoms with Crippen LogP contribution in [0.15, 0.2) is 6.07 Å². The van der Waals surface area contributed by atoms with Gasteiger partial charge in [0.2, 0.25) is 0 Å². The first-order chi connectivity index (χ1) is 9.10. The maximum atomic E-state index is 4.48. The zero-order valence-electron chi connectivity index (χ0n) is 12.9. The maximum Gasteiger partial charge on any atom is 0.0596 e. The summed E-state index contributed by atoms with van der Waals surface area (Å²) in [5.74, 6) is 1.64. The number of aromatic nitrogens is 2. The van der Waals surface area contributed by atoms with E-state index in [1.54, 1.807) is 0 Å². The van der Waals surface area contributed by atoms with Gasteiger partial charge in [0, 0.05) is 18.8 Å². The minimum absolute atomic E-state index is 0.700. The number of hydrogen-bond acceptors (Lipinski definition) is 2. The van der Waals surface area contributed by atoms with Gasteiger partial charge in [0.1, 0.15) is 0 Å². The lowest BCUT2D eigenvalue weighted by Crippen LogP contribution is -2.41. The first-order valence-corrected chi connectivity index (χ1v) is 7.83. The van der Waals surface area contributed by atoms with Crippen LogP contribution in [0.2, 0.25) is 0 Å². The van der Waals surface area contributed by atoms with E-state index in [9.17, 15) is 0 Å². The first-order valence-electron chi connectivity index (χ1n) is 7.83. The number of nitrogens with one attached hydrogen (secondary N) is 1. The van der Waals surface area contributed by atoms with Crippen LogP contribution in [-0.4, -0.2) is 22.4 Å². The molecular weight excluding hydrogens is 234 g/mol. The molecule has 1 saturated carbocycles. The summed E-state index contributed by atoms with van der Waals surface area (Å²) in [5, 5.41) is 8.24. The molecule has 0 aliphatic heterocycles. The predicted octanol–water partition coefficient (Wildman–Crippen LogP) is 3.08. The fourth-order valence-electron chi connectivity index (χ4n) is 3.45. The van der Waals surface area contributed by atoms with Crippen LogP contribution in [0.25, 0.3) is 0 Å². The number of nitrogens with zero attached hydrogens (tertiary/aromatic N) is 2. The van der Waals surface area contributed by atoms with Crippen molar-refractivity contribution < 1.29 is 0 Å². The van der Waals surface area contributed by atoms with E-state index in [-0.39, 0.29) is 0 Å². The van der Waals surface area contributed by atoms with Crippen molar-refractivity contribution in [1.82, 2.24) is 15.1 Å². The second kappa shape index (κ2) is 6.56. The van der Waals surface area contributed by atoms with Crippen LogP contribution >= 0.6 is 0 Å². The molecule has 3 heteroatoms. The average molecular weight is 263 g/mol. The maximum absolute atomic E-state index is 4.48. The van der Waals surface area contributed by atoms with Crippen LogP contribution in [0, 0.1) is 18.8 Å². The van der Waals surface area contributed by atoms with Gasteiger partial charge in [-0.15, -0.1) is 0 Å². The lowest BCUT2D eigenvalue weighted by atomic mass is 9.76. The normalized spacial score (nSPS) is 27.7. The molecule has 1 N–H and O–H groups in total. The Labute approximate surface area is 117 Å². The van der Waals surface area contributed by atoms with Crippen molar-refractivity contribution in [3.05, 3.63) is 17.5 Å². The van der Waals surface area contributed by atoms with E-state index in [0.717, 1.165) is 24.1 Å². The van der Waals surface area contributed by atoms with Gasteiger partial charge in [-0.2, -0.15) is 5.10 Å². The molecule has 1 heterocycles. The molecule has 0 aromatic carbocycles. The molecule has 3 atom stereocenters. The highest BCUT2D eigenvalue weighted by molar-refractivity contribution is 5.10. The third kappa shape index (κ3) is 3.82. The molecule has 2 rings (SSSR count). The Balaban J connectivity index is 2.02. The molecule has 1 fully saturated rings. The van der Waals surface area contributed by atoms with Crippen LogP contribution in [0.5, 0.6) is 0 Å². The van der Waals surface area contributed by atoms with Crippen molar-refractivity contribution >= 4 is 0 Å². The molecule has 3 unspecified atom stereocenters. The van der Waals surface area contributed by atoms with E-state index in [0.29, 0.717) is 6.04 Å². The average Bonchev–Trinajstić information content (AvgIpc) is 2.67. The van der Waals surface area contributed by atoms with Gasteiger partial charge in [-0.05, 0) is 63.5 Å². The van der Waals surface area contributed by atoms with Crippen molar-refractivity contribution in [2.24, 2.45) is 18.9 Å². The quantitative estimate of drug-likeness (QED) is 0.885. The fourth-order valence-corrected chi connectivity index (χ4v) is 3.45. The third-order valence-electron chi connectivity index (χ3n) is 4.47. The van der Waals surface area contributed by atoms with Crippen LogP contribution in [0.3, 0.4) is 0 Å². The zero-order chi connectivity index (χ0) is 13.8. The molecule has 19 heavy (non-hydrogen) atoms. The molecule has 1 aliphatic carbocycles. The predicted molar refractivity (Wildman–Crippen MR) is 80.2 cm³/mol. The topological polar surface area (TPSA) is 29.9 Å². The number of rotatable bonds is 5. The van der Waals surface area contributed by atoms with Crippen molar-refractivity contribution in [2.75, 3.05) is 6.54 Å². The van der Waals surface area contributed by atoms with Crippen LogP contribution in [-0.2, 0) is 13.5 Å². The highest BCUT2D eigenvalue weighted by Gasteiger charge is 2.28. The van der Waals surface area contributed by atoms with E-state index in [4.69, 9.17) is 0 Å². The van der Waals surface area contributed by atoms with E-state index < -0.39 is 0 Å². The molecule has 0 bridgehead atoms. The molecule has 0 amide bonds. The first kappa shape index (κ1) is 14.6. The molecule has 1 aromatic heterocycles. The van der Waals surface area contributed by atoms with Crippen molar-refractivity contribution in [3.8, 4) is 0 Å². The monoisotopic (exact) mass is 263 g/mol. The zero-order valence-corrected chi connectivity index (χ0v) is 12.9. The van der Waals surface area contributed by atoms with Gasteiger partial charge >= 0.3 is 0 Å². The number of aryl methyl sites for hydroxylation is 2. The summed E-state index contributed by atoms with van der Waals surface area (Å²) in [6, 6.07) is 2.95. The molecule has 1 aromatic rings. The molecule has 3 nitrogen and oxygen atoms in total. The van der Waals surface area contributed by atoms with Gasteiger partial charge in [-0.3, -0.25) is 4.68 Å². The Morgan fingerprint density at radius 2 is 2.21 bits per heavy atom. The highest BCUT2D eigenvalue weighted by Crippen LogP contribution is 2.31. The third-order valence-corrected chi connectivity index (χ3v) is 4.47. The summed E-state index contributed by atoms with van der Waals surface area (Å²) in [7, 11) is 2.07. The summed E-state index contributed by atoms with van der Waals surface area (Å²) in [4.78, 5) is 0. The standard InChI is InChI=1S/C16H29N3/c1-5-8-17-16-7-6-12(2)9-14(16)11-15-10-13(3)18-19(15)4/h10,12,14,16-17H,5-9,11H2,1-4H3. The van der Waals surface area contributed by atoms with E-state index >= 15 is 0 Å². The highest BCUT2D eigenvalue weighted by atomic mass is 15.3. The Hall–Kier alpha value is -0.830. The van der Waals surface area contributed by atoms with Crippen LogP contribution in [0.1, 0.15) is 50.9 Å². The Morgan fingerprint density at radius 1 is 1.42 bits per heavy atom. The van der Waals surface area contributed by atoms with E-state index in [1.807, 2.05) is 0 Å². The Morgan fingerprint density at radius 3 is 2.84 bits per heavy atom. The minimum Gasteiger partial charge on any atom is -0.314 e. The molecule has 0 spiro atoms. The summed E-state index contributed by atoms with van der Waals surface area (Å²) in [6.07, 6.45) is 6.46. The van der Waals surface area contributed by atoms with Crippen molar-refractivity contribution in [3.63, 3.8) is 0 Å². The Kier molecular flexibility index (Phi) is 5.03. The van der Waals surface area contributed by atoms with E-state index in [1.165, 1.54) is 37.8 Å². The van der Waals surface area contributed by atoms with Gasteiger partial charge in [-0.25, -0.2) is 0 Å². The number of hydrogen-bond donors (Lipinski definition) is 1. The molecule has 108 valence electrons. The van der Waals surface area contributed by atoms with E-state index in [2.05, 4.69) is 49.0 Å². The largest absolute Gasteiger partial charge is 0.314 e. The van der Waals surface area contributed by atoms with Crippen molar-refractivity contribution in [1.29, 1.82) is 0 Å². The lowest BCUT2D eigenvalue weighted by Gasteiger charge is -2.35. The van der Waals surface area contributed by atoms with Gasteiger partial charge in [-0.1, -0.05) is 13.8 Å². The van der Waals surface area contributed by atoms with Crippen LogP contribution in [0.4, 0.5) is 0 Å².